The molecule has 0 spiro atoms. The second kappa shape index (κ2) is 14.1. The van der Waals surface area contributed by atoms with Gasteiger partial charge in [-0.25, -0.2) is 0 Å². The lowest BCUT2D eigenvalue weighted by molar-refractivity contribution is -0.169. The van der Waals surface area contributed by atoms with Crippen LogP contribution in [0.4, 0.5) is 22.0 Å². The zero-order valence-electron chi connectivity index (χ0n) is 22.6. The molecule has 15 heteroatoms. The summed E-state index contributed by atoms with van der Waals surface area (Å²) in [5.41, 5.74) is -0.288. The number of hydrogen-bond acceptors (Lipinski definition) is 7. The third-order valence-corrected chi connectivity index (χ3v) is 6.95. The number of rotatable bonds is 9. The molecule has 1 unspecified atom stereocenters. The van der Waals surface area contributed by atoms with Crippen LogP contribution in [0.15, 0.2) is 12.3 Å². The van der Waals surface area contributed by atoms with E-state index >= 15 is 0 Å². The van der Waals surface area contributed by atoms with Crippen molar-refractivity contribution >= 4 is 17.5 Å². The van der Waals surface area contributed by atoms with Gasteiger partial charge in [0.15, 0.2) is 5.69 Å². The van der Waals surface area contributed by atoms with Gasteiger partial charge in [0.05, 0.1) is 22.8 Å². The van der Waals surface area contributed by atoms with Crippen LogP contribution in [0.1, 0.15) is 68.2 Å². The summed E-state index contributed by atoms with van der Waals surface area (Å²) in [6, 6.07) is 1.06. The summed E-state index contributed by atoms with van der Waals surface area (Å²) in [7, 11) is 0. The van der Waals surface area contributed by atoms with Crippen molar-refractivity contribution < 1.29 is 45.0 Å². The van der Waals surface area contributed by atoms with Crippen LogP contribution in [0.3, 0.4) is 0 Å². The number of nitrogens with one attached hydrogen (secondary N) is 1. The van der Waals surface area contributed by atoms with Crippen LogP contribution in [0, 0.1) is 18.8 Å². The monoisotopic (exact) mass is 596 g/mol. The van der Waals surface area contributed by atoms with Crippen molar-refractivity contribution in [1.29, 1.82) is 0 Å². The lowest BCUT2D eigenvalue weighted by Crippen LogP contribution is -2.45. The molecular weight excluding hydrogens is 563 g/mol. The molecule has 1 aliphatic rings. The molecule has 0 saturated heterocycles. The van der Waals surface area contributed by atoms with Crippen molar-refractivity contribution in [2.45, 2.75) is 84.7 Å². The van der Waals surface area contributed by atoms with Crippen LogP contribution < -0.4 is 10.1 Å². The maximum absolute atomic E-state index is 13.2. The van der Waals surface area contributed by atoms with Crippen LogP contribution in [-0.2, 0) is 24.5 Å². The Morgan fingerprint density at radius 1 is 1.30 bits per heavy atom. The molecular formula is C25H33F5N4O5S. The molecule has 1 atom stereocenters. The summed E-state index contributed by atoms with van der Waals surface area (Å²) in [6.45, 7) is 3.52. The maximum atomic E-state index is 13.2. The fraction of sp³-hybridized carbons (Fsp3) is 0.640. The second-order valence-corrected chi connectivity index (χ2v) is 10.1. The lowest BCUT2D eigenvalue weighted by atomic mass is 9.79. The van der Waals surface area contributed by atoms with E-state index in [2.05, 4.69) is 27.1 Å². The van der Waals surface area contributed by atoms with Crippen molar-refractivity contribution in [2.75, 3.05) is 6.54 Å². The van der Waals surface area contributed by atoms with Gasteiger partial charge in [-0.2, -0.15) is 35.5 Å². The summed E-state index contributed by atoms with van der Waals surface area (Å²) in [5, 5.41) is 17.9. The van der Waals surface area contributed by atoms with Gasteiger partial charge in [-0.15, -0.1) is 0 Å². The average molecular weight is 597 g/mol. The number of alkyl halides is 5. The Hall–Kier alpha value is -2.94. The molecule has 0 aromatic carbocycles. The number of halogens is 5. The predicted octanol–water partition coefficient (Wildman–Crippen LogP) is 4.62. The number of aliphatic hydroxyl groups is 1. The number of aromatic nitrogens is 3. The van der Waals surface area contributed by atoms with Crippen LogP contribution >= 0.6 is 0 Å². The van der Waals surface area contributed by atoms with Gasteiger partial charge in [-0.1, -0.05) is 13.8 Å². The summed E-state index contributed by atoms with van der Waals surface area (Å²) < 4.78 is 88.1. The first-order chi connectivity index (χ1) is 18.7. The number of amides is 1. The normalized spacial score (nSPS) is 19.9. The molecule has 1 amide bonds. The number of pyridine rings is 1. The third-order valence-electron chi connectivity index (χ3n) is 6.95. The lowest BCUT2D eigenvalue weighted by Gasteiger charge is -2.34. The van der Waals surface area contributed by atoms with E-state index in [0.717, 1.165) is 25.8 Å². The Morgan fingerprint density at radius 2 is 1.90 bits per heavy atom. The van der Waals surface area contributed by atoms with Gasteiger partial charge in [-0.05, 0) is 45.4 Å². The van der Waals surface area contributed by atoms with E-state index < -0.39 is 48.2 Å². The Kier molecular flexibility index (Phi) is 11.7. The van der Waals surface area contributed by atoms with Gasteiger partial charge in [0.2, 0.25) is 0 Å². The van der Waals surface area contributed by atoms with Gasteiger partial charge in [0.25, 0.3) is 5.91 Å². The van der Waals surface area contributed by atoms with Crippen molar-refractivity contribution in [3.05, 3.63) is 29.2 Å². The number of carbonyl (C=O) groups excluding carboxylic acids is 1. The SMILES string of the molecule is CCn1nc(C(=O)NCC2(O)CCC(C)CC2)c(C)c1-c1cnc(CC(C)C(F)(F)F)cc1OC(F)F.O=S=O. The molecule has 2 N–H and O–H groups in total. The zero-order valence-corrected chi connectivity index (χ0v) is 23.4. The second-order valence-electron chi connectivity index (χ2n) is 9.99. The molecule has 40 heavy (non-hydrogen) atoms. The van der Waals surface area contributed by atoms with E-state index in [9.17, 15) is 31.9 Å². The van der Waals surface area contributed by atoms with E-state index in [1.54, 1.807) is 13.8 Å². The minimum atomic E-state index is -4.47. The van der Waals surface area contributed by atoms with Gasteiger partial charge in [-0.3, -0.25) is 14.5 Å². The smallest absolute Gasteiger partial charge is 0.391 e. The van der Waals surface area contributed by atoms with Crippen LogP contribution in [0.5, 0.6) is 5.75 Å². The number of nitrogens with zero attached hydrogens (tertiary/aromatic N) is 3. The molecule has 1 aliphatic carbocycles. The number of aryl methyl sites for hydroxylation is 1. The summed E-state index contributed by atoms with van der Waals surface area (Å²) in [4.78, 5) is 17.0. The van der Waals surface area contributed by atoms with E-state index in [-0.39, 0.29) is 41.5 Å². The van der Waals surface area contributed by atoms with Crippen LogP contribution in [-0.4, -0.2) is 59.1 Å². The molecule has 1 fully saturated rings. The highest BCUT2D eigenvalue weighted by molar-refractivity contribution is 7.51. The minimum Gasteiger partial charge on any atom is -0.434 e. The molecule has 2 heterocycles. The molecule has 0 bridgehead atoms. The number of hydrogen-bond donors (Lipinski definition) is 2. The Labute approximate surface area is 232 Å². The highest BCUT2D eigenvalue weighted by atomic mass is 32.1. The zero-order chi connectivity index (χ0) is 30.3. The van der Waals surface area contributed by atoms with Gasteiger partial charge >= 0.3 is 24.4 Å². The van der Waals surface area contributed by atoms with Gasteiger partial charge < -0.3 is 15.2 Å². The minimum absolute atomic E-state index is 0.0439. The highest BCUT2D eigenvalue weighted by Crippen LogP contribution is 2.36. The summed E-state index contributed by atoms with van der Waals surface area (Å²) in [6.07, 6.45) is -0.949. The number of carbonyl (C=O) groups is 1. The maximum Gasteiger partial charge on any atom is 0.391 e. The molecule has 2 aromatic heterocycles. The summed E-state index contributed by atoms with van der Waals surface area (Å²) >= 11 is -0.750. The molecule has 3 rings (SSSR count). The van der Waals surface area contributed by atoms with Crippen molar-refractivity contribution in [3.8, 4) is 17.0 Å². The van der Waals surface area contributed by atoms with E-state index in [1.165, 1.54) is 10.9 Å². The van der Waals surface area contributed by atoms with Gasteiger partial charge in [0.1, 0.15) is 5.75 Å². The molecule has 2 aromatic rings. The largest absolute Gasteiger partial charge is 0.434 e. The molecule has 9 nitrogen and oxygen atoms in total. The van der Waals surface area contributed by atoms with Crippen molar-refractivity contribution in [2.24, 2.45) is 11.8 Å². The molecule has 1 saturated carbocycles. The van der Waals surface area contributed by atoms with Crippen LogP contribution in [0.25, 0.3) is 11.3 Å². The van der Waals surface area contributed by atoms with E-state index in [0.29, 0.717) is 24.3 Å². The average Bonchev–Trinajstić information content (AvgIpc) is 3.20. The first kappa shape index (κ1) is 33.3. The first-order valence-corrected chi connectivity index (χ1v) is 13.3. The Bertz CT molecular complexity index is 1190. The predicted molar refractivity (Wildman–Crippen MR) is 135 cm³/mol. The van der Waals surface area contributed by atoms with E-state index in [4.69, 9.17) is 8.42 Å². The van der Waals surface area contributed by atoms with Crippen LogP contribution in [0.2, 0.25) is 0 Å². The first-order valence-electron chi connectivity index (χ1n) is 12.7. The van der Waals surface area contributed by atoms with Crippen molar-refractivity contribution in [3.63, 3.8) is 0 Å². The fourth-order valence-corrected chi connectivity index (χ4v) is 4.53. The summed E-state index contributed by atoms with van der Waals surface area (Å²) in [5.74, 6) is -2.10. The fourth-order valence-electron chi connectivity index (χ4n) is 4.53. The standard InChI is InChI=1S/C25H33F5N4O3.O2S/c1-5-34-21(16(4)20(33-34)22(35)32-13-24(36)8-6-14(2)7-9-24)18-12-31-17(10-15(3)25(28,29)30)11-19(18)37-23(26)27;1-3-2/h11-12,14-15,23,36H,5-10,13H2,1-4H3,(H,32,35);. The molecule has 224 valence electrons. The quantitative estimate of drug-likeness (QED) is 0.405. The van der Waals surface area contributed by atoms with Gasteiger partial charge in [0, 0.05) is 43.0 Å². The molecule has 0 radical (unpaired) electrons. The number of ether oxygens (including phenoxy) is 1. The molecule has 0 aliphatic heterocycles. The third kappa shape index (κ3) is 8.78. The Morgan fingerprint density at radius 3 is 2.42 bits per heavy atom. The topological polar surface area (TPSA) is 123 Å². The van der Waals surface area contributed by atoms with Crippen molar-refractivity contribution in [1.82, 2.24) is 20.1 Å². The Balaban J connectivity index is 0.00000178. The highest BCUT2D eigenvalue weighted by Gasteiger charge is 2.36. The van der Waals surface area contributed by atoms with E-state index in [1.807, 2.05) is 0 Å².